The van der Waals surface area contributed by atoms with Crippen LogP contribution in [-0.4, -0.2) is 55.9 Å². The Kier molecular flexibility index (Phi) is 4.32. The Morgan fingerprint density at radius 3 is 2.40 bits per heavy atom. The number of anilines is 4. The van der Waals surface area contributed by atoms with Gasteiger partial charge in [0.15, 0.2) is 5.82 Å². The van der Waals surface area contributed by atoms with Crippen LogP contribution in [0.1, 0.15) is 13.8 Å². The molecule has 0 saturated carbocycles. The highest BCUT2D eigenvalue weighted by molar-refractivity contribution is 6.32. The van der Waals surface area contributed by atoms with Crippen LogP contribution in [0.15, 0.2) is 37.2 Å². The van der Waals surface area contributed by atoms with Crippen molar-refractivity contribution >= 4 is 34.9 Å². The van der Waals surface area contributed by atoms with Crippen LogP contribution in [0.3, 0.4) is 0 Å². The molecule has 156 valence electrons. The number of rotatable bonds is 4. The third-order valence-corrected chi connectivity index (χ3v) is 6.76. The van der Waals surface area contributed by atoms with Crippen LogP contribution in [0.5, 0.6) is 0 Å². The first-order valence-corrected chi connectivity index (χ1v) is 10.3. The summed E-state index contributed by atoms with van der Waals surface area (Å²) in [4.78, 5) is 22.2. The SMILES string of the molecule is Cn1cc(Nc2ncc(Cl)c(N3C[C@]4(C)CN(c5ccncn5)C[C@]4(C)C3)n2)cn1. The minimum atomic E-state index is 0.0865. The molecular formula is C20H24ClN9. The highest BCUT2D eigenvalue weighted by Gasteiger charge is 2.58. The van der Waals surface area contributed by atoms with E-state index in [1.807, 2.05) is 19.3 Å². The Hall–Kier alpha value is -2.94. The maximum Gasteiger partial charge on any atom is 0.229 e. The lowest BCUT2D eigenvalue weighted by Gasteiger charge is -2.29. The van der Waals surface area contributed by atoms with E-state index in [4.69, 9.17) is 16.6 Å². The predicted molar refractivity (Wildman–Crippen MR) is 116 cm³/mol. The monoisotopic (exact) mass is 425 g/mol. The van der Waals surface area contributed by atoms with Gasteiger partial charge in [-0.2, -0.15) is 10.1 Å². The quantitative estimate of drug-likeness (QED) is 0.682. The van der Waals surface area contributed by atoms with Crippen LogP contribution in [0.2, 0.25) is 5.02 Å². The molecular weight excluding hydrogens is 402 g/mol. The number of fused-ring (bicyclic) bond motifs is 1. The summed E-state index contributed by atoms with van der Waals surface area (Å²) in [5, 5.41) is 7.93. The fraction of sp³-hybridized carbons (Fsp3) is 0.450. The molecule has 30 heavy (non-hydrogen) atoms. The Labute approximate surface area is 180 Å². The third-order valence-electron chi connectivity index (χ3n) is 6.49. The fourth-order valence-electron chi connectivity index (χ4n) is 4.70. The third kappa shape index (κ3) is 3.13. The summed E-state index contributed by atoms with van der Waals surface area (Å²) < 4.78 is 1.73. The van der Waals surface area contributed by atoms with E-state index in [0.717, 1.165) is 43.5 Å². The lowest BCUT2D eigenvalue weighted by molar-refractivity contribution is 0.212. The van der Waals surface area contributed by atoms with Gasteiger partial charge in [-0.1, -0.05) is 25.4 Å². The van der Waals surface area contributed by atoms with E-state index in [0.29, 0.717) is 11.0 Å². The molecule has 2 atom stereocenters. The number of aryl methyl sites for hydroxylation is 1. The molecule has 9 nitrogen and oxygen atoms in total. The van der Waals surface area contributed by atoms with Gasteiger partial charge in [0.1, 0.15) is 17.2 Å². The molecule has 3 aromatic rings. The van der Waals surface area contributed by atoms with Gasteiger partial charge in [-0.05, 0) is 6.07 Å². The summed E-state index contributed by atoms with van der Waals surface area (Å²) in [5.74, 6) is 2.26. The molecule has 3 aromatic heterocycles. The average molecular weight is 426 g/mol. The number of halogens is 1. The Balaban J connectivity index is 1.38. The van der Waals surface area contributed by atoms with E-state index in [1.54, 1.807) is 29.6 Å². The van der Waals surface area contributed by atoms with Gasteiger partial charge in [0.05, 0.1) is 18.1 Å². The largest absolute Gasteiger partial charge is 0.355 e. The molecule has 10 heteroatoms. The second-order valence-corrected chi connectivity index (χ2v) is 9.20. The summed E-state index contributed by atoms with van der Waals surface area (Å²) in [5.41, 5.74) is 1.01. The van der Waals surface area contributed by atoms with Crippen molar-refractivity contribution in [3.8, 4) is 0 Å². The second kappa shape index (κ2) is 6.80. The van der Waals surface area contributed by atoms with Gasteiger partial charge >= 0.3 is 0 Å². The zero-order valence-corrected chi connectivity index (χ0v) is 18.0. The summed E-state index contributed by atoms with van der Waals surface area (Å²) in [6.45, 7) is 8.29. The summed E-state index contributed by atoms with van der Waals surface area (Å²) in [7, 11) is 1.87. The maximum atomic E-state index is 6.52. The van der Waals surface area contributed by atoms with E-state index in [1.165, 1.54) is 0 Å². The maximum absolute atomic E-state index is 6.52. The van der Waals surface area contributed by atoms with Gasteiger partial charge in [-0.15, -0.1) is 0 Å². The minimum absolute atomic E-state index is 0.0865. The molecule has 2 aliphatic rings. The molecule has 0 aromatic carbocycles. The summed E-state index contributed by atoms with van der Waals surface area (Å²) >= 11 is 6.52. The minimum Gasteiger partial charge on any atom is -0.355 e. The van der Waals surface area contributed by atoms with Gasteiger partial charge in [0.2, 0.25) is 5.95 Å². The lowest BCUT2D eigenvalue weighted by Crippen LogP contribution is -2.34. The van der Waals surface area contributed by atoms with E-state index >= 15 is 0 Å². The van der Waals surface area contributed by atoms with Gasteiger partial charge in [0, 0.05) is 56.5 Å². The zero-order valence-electron chi connectivity index (χ0n) is 17.2. The van der Waals surface area contributed by atoms with Gasteiger partial charge in [0.25, 0.3) is 0 Å². The van der Waals surface area contributed by atoms with Crippen molar-refractivity contribution in [2.45, 2.75) is 13.8 Å². The van der Waals surface area contributed by atoms with Crippen molar-refractivity contribution in [2.24, 2.45) is 17.9 Å². The highest BCUT2D eigenvalue weighted by atomic mass is 35.5. The molecule has 5 heterocycles. The molecule has 2 aliphatic heterocycles. The average Bonchev–Trinajstić information content (AvgIpc) is 3.31. The Morgan fingerprint density at radius 2 is 1.77 bits per heavy atom. The van der Waals surface area contributed by atoms with E-state index in [2.05, 4.69) is 49.0 Å². The number of nitrogens with zero attached hydrogens (tertiary/aromatic N) is 8. The number of nitrogens with one attached hydrogen (secondary N) is 1. The number of hydrogen-bond acceptors (Lipinski definition) is 8. The molecule has 2 fully saturated rings. The van der Waals surface area contributed by atoms with Crippen molar-refractivity contribution in [2.75, 3.05) is 41.3 Å². The molecule has 0 amide bonds. The number of hydrogen-bond donors (Lipinski definition) is 1. The van der Waals surface area contributed by atoms with Crippen molar-refractivity contribution < 1.29 is 0 Å². The van der Waals surface area contributed by atoms with Crippen LogP contribution >= 0.6 is 11.6 Å². The van der Waals surface area contributed by atoms with Crippen LogP contribution in [0.4, 0.5) is 23.3 Å². The second-order valence-electron chi connectivity index (χ2n) is 8.79. The van der Waals surface area contributed by atoms with Gasteiger partial charge in [-0.3, -0.25) is 4.68 Å². The highest BCUT2D eigenvalue weighted by Crippen LogP contribution is 2.53. The van der Waals surface area contributed by atoms with Gasteiger partial charge < -0.3 is 15.1 Å². The first-order valence-electron chi connectivity index (χ1n) is 9.89. The molecule has 2 saturated heterocycles. The zero-order chi connectivity index (χ0) is 20.9. The molecule has 0 spiro atoms. The van der Waals surface area contributed by atoms with Crippen molar-refractivity contribution in [3.05, 3.63) is 42.2 Å². The summed E-state index contributed by atoms with van der Waals surface area (Å²) in [6, 6.07) is 1.98. The first-order chi connectivity index (χ1) is 14.4. The molecule has 0 unspecified atom stereocenters. The lowest BCUT2D eigenvalue weighted by atomic mass is 9.71. The smallest absolute Gasteiger partial charge is 0.229 e. The van der Waals surface area contributed by atoms with Gasteiger partial charge in [-0.25, -0.2) is 15.0 Å². The van der Waals surface area contributed by atoms with Crippen molar-refractivity contribution in [1.82, 2.24) is 29.7 Å². The molecule has 1 N–H and O–H groups in total. The van der Waals surface area contributed by atoms with Crippen LogP contribution in [0.25, 0.3) is 0 Å². The molecule has 5 rings (SSSR count). The topological polar surface area (TPSA) is 87.9 Å². The predicted octanol–water partition coefficient (Wildman–Crippen LogP) is 2.75. The van der Waals surface area contributed by atoms with E-state index in [9.17, 15) is 0 Å². The van der Waals surface area contributed by atoms with Crippen LogP contribution in [0, 0.1) is 10.8 Å². The molecule has 0 bridgehead atoms. The van der Waals surface area contributed by atoms with Crippen molar-refractivity contribution in [3.63, 3.8) is 0 Å². The normalized spacial score (nSPS) is 25.6. The molecule has 0 radical (unpaired) electrons. The number of aromatic nitrogens is 6. The molecule has 0 aliphatic carbocycles. The Morgan fingerprint density at radius 1 is 1.03 bits per heavy atom. The standard InChI is InChI=1S/C20H24ClN9/c1-19-9-29(16-4-5-22-13-24-16)10-20(19,2)12-30(11-19)17-15(21)7-23-18(27-17)26-14-6-25-28(3)8-14/h4-8,13H,9-12H2,1-3H3,(H,23,26,27)/t19-,20+. The Bertz CT molecular complexity index is 1050. The van der Waals surface area contributed by atoms with Crippen molar-refractivity contribution in [1.29, 1.82) is 0 Å². The fourth-order valence-corrected chi connectivity index (χ4v) is 4.91. The first kappa shape index (κ1) is 19.0. The van der Waals surface area contributed by atoms with Crippen LogP contribution in [-0.2, 0) is 7.05 Å². The van der Waals surface area contributed by atoms with E-state index in [-0.39, 0.29) is 10.8 Å². The van der Waals surface area contributed by atoms with Crippen LogP contribution < -0.4 is 15.1 Å². The van der Waals surface area contributed by atoms with E-state index < -0.39 is 0 Å². The summed E-state index contributed by atoms with van der Waals surface area (Å²) in [6.07, 6.45) is 8.68.